The molecule has 1 rings (SSSR count). The molecule has 4 heteroatoms. The van der Waals surface area contributed by atoms with Gasteiger partial charge in [-0.15, -0.1) is 0 Å². The van der Waals surface area contributed by atoms with Gasteiger partial charge in [0.05, 0.1) is 5.54 Å². The van der Waals surface area contributed by atoms with Crippen LogP contribution in [0, 0.1) is 5.92 Å². The SMILES string of the molecule is CC(C)C(CN(C)C)NC(=O)C1(N)CCCC1. The van der Waals surface area contributed by atoms with E-state index in [9.17, 15) is 4.79 Å². The first-order valence-corrected chi connectivity index (χ1v) is 6.60. The molecule has 1 saturated carbocycles. The topological polar surface area (TPSA) is 58.4 Å². The zero-order valence-electron chi connectivity index (χ0n) is 11.6. The average Bonchev–Trinajstić information content (AvgIpc) is 2.64. The van der Waals surface area contributed by atoms with Crippen LogP contribution in [0.25, 0.3) is 0 Å². The van der Waals surface area contributed by atoms with Gasteiger partial charge in [-0.3, -0.25) is 4.79 Å². The maximum atomic E-state index is 12.2. The molecule has 4 nitrogen and oxygen atoms in total. The summed E-state index contributed by atoms with van der Waals surface area (Å²) in [5.41, 5.74) is 5.54. The molecule has 0 spiro atoms. The summed E-state index contributed by atoms with van der Waals surface area (Å²) in [6, 6.07) is 0.179. The number of carbonyl (C=O) groups is 1. The van der Waals surface area contributed by atoms with E-state index >= 15 is 0 Å². The summed E-state index contributed by atoms with van der Waals surface area (Å²) < 4.78 is 0. The molecule has 1 amide bonds. The Morgan fingerprint density at radius 1 is 1.35 bits per heavy atom. The van der Waals surface area contributed by atoms with Crippen LogP contribution in [0.1, 0.15) is 39.5 Å². The van der Waals surface area contributed by atoms with Crippen LogP contribution in [0.5, 0.6) is 0 Å². The van der Waals surface area contributed by atoms with Crippen LogP contribution in [-0.2, 0) is 4.79 Å². The van der Waals surface area contributed by atoms with Crippen molar-refractivity contribution in [1.82, 2.24) is 10.2 Å². The predicted octanol–water partition coefficient (Wildman–Crippen LogP) is 0.960. The summed E-state index contributed by atoms with van der Waals surface area (Å²) in [4.78, 5) is 14.3. The number of nitrogens with zero attached hydrogens (tertiary/aromatic N) is 1. The van der Waals surface area contributed by atoms with E-state index in [0.717, 1.165) is 32.2 Å². The fourth-order valence-corrected chi connectivity index (χ4v) is 2.36. The van der Waals surface area contributed by atoms with Gasteiger partial charge in [0.1, 0.15) is 0 Å². The molecule has 1 aliphatic rings. The summed E-state index contributed by atoms with van der Waals surface area (Å²) in [6.07, 6.45) is 3.80. The minimum absolute atomic E-state index is 0.0375. The summed E-state index contributed by atoms with van der Waals surface area (Å²) in [6.45, 7) is 5.12. The molecule has 0 saturated heterocycles. The highest BCUT2D eigenvalue weighted by atomic mass is 16.2. The van der Waals surface area contributed by atoms with Crippen LogP contribution in [-0.4, -0.2) is 43.0 Å². The van der Waals surface area contributed by atoms with Crippen molar-refractivity contribution in [2.75, 3.05) is 20.6 Å². The zero-order chi connectivity index (χ0) is 13.1. The first-order valence-electron chi connectivity index (χ1n) is 6.60. The molecule has 17 heavy (non-hydrogen) atoms. The molecular formula is C13H27N3O. The smallest absolute Gasteiger partial charge is 0.240 e. The molecule has 1 fully saturated rings. The quantitative estimate of drug-likeness (QED) is 0.754. The second kappa shape index (κ2) is 5.83. The van der Waals surface area contributed by atoms with Crippen LogP contribution in [0.4, 0.5) is 0 Å². The molecular weight excluding hydrogens is 214 g/mol. The maximum absolute atomic E-state index is 12.2. The molecule has 3 N–H and O–H groups in total. The van der Waals surface area contributed by atoms with Gasteiger partial charge in [0.15, 0.2) is 0 Å². The third kappa shape index (κ3) is 3.96. The van der Waals surface area contributed by atoms with E-state index in [1.807, 2.05) is 14.1 Å². The monoisotopic (exact) mass is 241 g/mol. The van der Waals surface area contributed by atoms with Crippen molar-refractivity contribution in [3.05, 3.63) is 0 Å². The maximum Gasteiger partial charge on any atom is 0.240 e. The second-order valence-corrected chi connectivity index (χ2v) is 5.95. The zero-order valence-corrected chi connectivity index (χ0v) is 11.6. The molecule has 1 atom stereocenters. The van der Waals surface area contributed by atoms with Gasteiger partial charge in [0.2, 0.25) is 5.91 Å². The minimum atomic E-state index is -0.612. The first kappa shape index (κ1) is 14.5. The number of rotatable bonds is 5. The number of nitrogens with two attached hydrogens (primary N) is 1. The van der Waals surface area contributed by atoms with Gasteiger partial charge in [-0.2, -0.15) is 0 Å². The third-order valence-electron chi connectivity index (χ3n) is 3.63. The summed E-state index contributed by atoms with van der Waals surface area (Å²) in [5, 5.41) is 3.12. The summed E-state index contributed by atoms with van der Waals surface area (Å²) in [7, 11) is 4.05. The van der Waals surface area contributed by atoms with Crippen LogP contribution in [0.3, 0.4) is 0 Å². The lowest BCUT2D eigenvalue weighted by atomic mass is 9.96. The van der Waals surface area contributed by atoms with Gasteiger partial charge in [0.25, 0.3) is 0 Å². The van der Waals surface area contributed by atoms with Crippen LogP contribution < -0.4 is 11.1 Å². The Hall–Kier alpha value is -0.610. The fourth-order valence-electron chi connectivity index (χ4n) is 2.36. The van der Waals surface area contributed by atoms with Crippen molar-refractivity contribution in [2.45, 2.75) is 51.1 Å². The van der Waals surface area contributed by atoms with Gasteiger partial charge in [0, 0.05) is 12.6 Å². The van der Waals surface area contributed by atoms with Gasteiger partial charge < -0.3 is 16.0 Å². The lowest BCUT2D eigenvalue weighted by Gasteiger charge is -2.30. The highest BCUT2D eigenvalue weighted by molar-refractivity contribution is 5.86. The highest BCUT2D eigenvalue weighted by Crippen LogP contribution is 2.27. The van der Waals surface area contributed by atoms with E-state index in [1.54, 1.807) is 0 Å². The van der Waals surface area contributed by atoms with Crippen LogP contribution >= 0.6 is 0 Å². The lowest BCUT2D eigenvalue weighted by molar-refractivity contribution is -0.127. The Bertz CT molecular complexity index is 257. The van der Waals surface area contributed by atoms with E-state index in [2.05, 4.69) is 24.1 Å². The van der Waals surface area contributed by atoms with Crippen molar-refractivity contribution in [2.24, 2.45) is 11.7 Å². The molecule has 100 valence electrons. The standard InChI is InChI=1S/C13H27N3O/c1-10(2)11(9-16(3)4)15-12(17)13(14)7-5-6-8-13/h10-11H,5-9,14H2,1-4H3,(H,15,17). The lowest BCUT2D eigenvalue weighted by Crippen LogP contribution is -2.57. The molecule has 0 bridgehead atoms. The molecule has 0 aromatic carbocycles. The van der Waals surface area contributed by atoms with E-state index < -0.39 is 5.54 Å². The van der Waals surface area contributed by atoms with Gasteiger partial charge in [-0.25, -0.2) is 0 Å². The summed E-state index contributed by atoms with van der Waals surface area (Å²) >= 11 is 0. The van der Waals surface area contributed by atoms with Crippen LogP contribution in [0.15, 0.2) is 0 Å². The third-order valence-corrected chi connectivity index (χ3v) is 3.63. The van der Waals surface area contributed by atoms with Gasteiger partial charge >= 0.3 is 0 Å². The van der Waals surface area contributed by atoms with Gasteiger partial charge in [-0.05, 0) is 32.9 Å². The number of carbonyl (C=O) groups excluding carboxylic acids is 1. The minimum Gasteiger partial charge on any atom is -0.350 e. The molecule has 0 aliphatic heterocycles. The Balaban J connectivity index is 2.57. The Kier molecular flexibility index (Phi) is 4.95. The highest BCUT2D eigenvalue weighted by Gasteiger charge is 2.38. The molecule has 0 radical (unpaired) electrons. The van der Waals surface area contributed by atoms with Crippen molar-refractivity contribution in [3.8, 4) is 0 Å². The number of hydrogen-bond acceptors (Lipinski definition) is 3. The fraction of sp³-hybridized carbons (Fsp3) is 0.923. The molecule has 0 aromatic rings. The Morgan fingerprint density at radius 2 is 1.88 bits per heavy atom. The van der Waals surface area contributed by atoms with Crippen molar-refractivity contribution < 1.29 is 4.79 Å². The summed E-state index contributed by atoms with van der Waals surface area (Å²) in [5.74, 6) is 0.460. The number of likely N-dealkylation sites (N-methyl/N-ethyl adjacent to an activating group) is 1. The van der Waals surface area contributed by atoms with E-state index in [1.165, 1.54) is 0 Å². The number of nitrogens with one attached hydrogen (secondary N) is 1. The van der Waals surface area contributed by atoms with E-state index in [4.69, 9.17) is 5.73 Å². The predicted molar refractivity (Wildman–Crippen MR) is 70.7 cm³/mol. The molecule has 0 aromatic heterocycles. The molecule has 1 aliphatic carbocycles. The first-order chi connectivity index (χ1) is 7.85. The number of hydrogen-bond donors (Lipinski definition) is 2. The average molecular weight is 241 g/mol. The van der Waals surface area contributed by atoms with Crippen LogP contribution in [0.2, 0.25) is 0 Å². The van der Waals surface area contributed by atoms with Crippen molar-refractivity contribution in [1.29, 1.82) is 0 Å². The Morgan fingerprint density at radius 3 is 2.29 bits per heavy atom. The van der Waals surface area contributed by atoms with E-state index in [-0.39, 0.29) is 11.9 Å². The largest absolute Gasteiger partial charge is 0.350 e. The van der Waals surface area contributed by atoms with Crippen molar-refractivity contribution in [3.63, 3.8) is 0 Å². The molecule has 1 unspecified atom stereocenters. The van der Waals surface area contributed by atoms with Crippen molar-refractivity contribution >= 4 is 5.91 Å². The molecule has 0 heterocycles. The van der Waals surface area contributed by atoms with E-state index in [0.29, 0.717) is 5.92 Å². The normalized spacial score (nSPS) is 20.9. The second-order valence-electron chi connectivity index (χ2n) is 5.95. The number of amides is 1. The van der Waals surface area contributed by atoms with Gasteiger partial charge in [-0.1, -0.05) is 26.7 Å². The Labute approximate surface area is 105 Å².